The van der Waals surface area contributed by atoms with E-state index in [-0.39, 0.29) is 40.3 Å². The molecule has 4 unspecified atom stereocenters. The first kappa shape index (κ1) is 29.4. The number of rotatable bonds is 2. The number of thiophene rings is 2. The normalized spacial score (nSPS) is 27.5. The molecule has 2 aromatic rings. The Morgan fingerprint density at radius 2 is 1.49 bits per heavy atom. The van der Waals surface area contributed by atoms with E-state index in [1.165, 1.54) is 56.2 Å². The number of ketones is 2. The van der Waals surface area contributed by atoms with E-state index in [2.05, 4.69) is 29.9 Å². The van der Waals surface area contributed by atoms with Crippen molar-refractivity contribution in [1.82, 2.24) is 0 Å². The summed E-state index contributed by atoms with van der Waals surface area (Å²) in [7, 11) is 2.75. The molecule has 6 rings (SSSR count). The zero-order chi connectivity index (χ0) is 28.4. The van der Waals surface area contributed by atoms with Gasteiger partial charge in [0.2, 0.25) is 0 Å². The molecule has 0 aromatic carbocycles. The first-order chi connectivity index (χ1) is 18.5. The van der Waals surface area contributed by atoms with Crippen LogP contribution in [0, 0.1) is 34.5 Å². The lowest BCUT2D eigenvalue weighted by Gasteiger charge is -2.54. The smallest absolute Gasteiger partial charge is 0.348 e. The van der Waals surface area contributed by atoms with Gasteiger partial charge >= 0.3 is 11.9 Å². The first-order valence-corrected chi connectivity index (χ1v) is 15.3. The maximum absolute atomic E-state index is 12.7. The number of fused-ring (bicyclic) bond motifs is 3. The molecule has 4 atom stereocenters. The lowest BCUT2D eigenvalue weighted by atomic mass is 9.49. The second-order valence-electron chi connectivity index (χ2n) is 11.7. The number of methoxy groups -OCH3 is 2. The molecular formula is C31H38O6S2. The van der Waals surface area contributed by atoms with Gasteiger partial charge in [0.15, 0.2) is 5.78 Å². The number of hydrogen-bond acceptors (Lipinski definition) is 8. The Kier molecular flexibility index (Phi) is 8.96. The van der Waals surface area contributed by atoms with Gasteiger partial charge in [0.25, 0.3) is 0 Å². The predicted molar refractivity (Wildman–Crippen MR) is 153 cm³/mol. The molecule has 1 spiro atoms. The number of allylic oxidation sites excluding steroid dienone is 1. The van der Waals surface area contributed by atoms with Gasteiger partial charge in [-0.3, -0.25) is 9.59 Å². The van der Waals surface area contributed by atoms with E-state index in [4.69, 9.17) is 0 Å². The monoisotopic (exact) mass is 570 g/mol. The minimum Gasteiger partial charge on any atom is -0.465 e. The molecule has 39 heavy (non-hydrogen) atoms. The van der Waals surface area contributed by atoms with Gasteiger partial charge < -0.3 is 9.47 Å². The van der Waals surface area contributed by atoms with Gasteiger partial charge in [-0.2, -0.15) is 0 Å². The van der Waals surface area contributed by atoms with E-state index >= 15 is 0 Å². The Bertz CT molecular complexity index is 1160. The molecule has 2 heterocycles. The zero-order valence-electron chi connectivity index (χ0n) is 23.2. The molecule has 4 fully saturated rings. The average Bonchev–Trinajstić information content (AvgIpc) is 3.31. The molecule has 4 saturated carbocycles. The van der Waals surface area contributed by atoms with Crippen molar-refractivity contribution in [3.05, 3.63) is 56.9 Å². The number of esters is 2. The predicted octanol–water partition coefficient (Wildman–Crippen LogP) is 7.01. The van der Waals surface area contributed by atoms with E-state index in [1.807, 2.05) is 22.9 Å². The van der Waals surface area contributed by atoms with Gasteiger partial charge in [0.05, 0.1) is 20.1 Å². The van der Waals surface area contributed by atoms with Crippen LogP contribution >= 0.6 is 22.7 Å². The van der Waals surface area contributed by atoms with Crippen LogP contribution in [-0.2, 0) is 19.1 Å². The van der Waals surface area contributed by atoms with Crippen LogP contribution in [0.4, 0.5) is 0 Å². The maximum atomic E-state index is 12.7. The summed E-state index contributed by atoms with van der Waals surface area (Å²) in [6.07, 6.45) is 7.64. The van der Waals surface area contributed by atoms with Crippen LogP contribution in [0.25, 0.3) is 0 Å². The van der Waals surface area contributed by atoms with Crippen molar-refractivity contribution in [3.63, 3.8) is 0 Å². The van der Waals surface area contributed by atoms with Crippen molar-refractivity contribution in [2.75, 3.05) is 14.2 Å². The van der Waals surface area contributed by atoms with Crippen LogP contribution in [-0.4, -0.2) is 37.7 Å². The molecule has 4 aliphatic carbocycles. The van der Waals surface area contributed by atoms with Crippen LogP contribution in [0.15, 0.2) is 47.2 Å². The number of carbonyl (C=O) groups is 4. The van der Waals surface area contributed by atoms with Crippen LogP contribution < -0.4 is 0 Å². The average molecular weight is 571 g/mol. The van der Waals surface area contributed by atoms with Crippen molar-refractivity contribution in [3.8, 4) is 0 Å². The molecule has 210 valence electrons. The van der Waals surface area contributed by atoms with E-state index in [9.17, 15) is 19.2 Å². The Labute approximate surface area is 238 Å². The second kappa shape index (κ2) is 11.9. The van der Waals surface area contributed by atoms with E-state index in [0.717, 1.165) is 24.8 Å². The van der Waals surface area contributed by atoms with Crippen molar-refractivity contribution in [2.24, 2.45) is 34.5 Å². The van der Waals surface area contributed by atoms with E-state index < -0.39 is 0 Å². The third-order valence-electron chi connectivity index (χ3n) is 9.14. The fourth-order valence-corrected chi connectivity index (χ4v) is 8.09. The number of ether oxygens (including phenoxy) is 2. The minimum absolute atomic E-state index is 0.0992. The van der Waals surface area contributed by atoms with Gasteiger partial charge in [-0.15, -0.1) is 22.7 Å². The largest absolute Gasteiger partial charge is 0.465 e. The van der Waals surface area contributed by atoms with Crippen molar-refractivity contribution < 1.29 is 28.7 Å². The fraction of sp³-hybridized carbons (Fsp3) is 0.548. The summed E-state index contributed by atoms with van der Waals surface area (Å²) >= 11 is 2.76. The van der Waals surface area contributed by atoms with Crippen LogP contribution in [0.1, 0.15) is 78.1 Å². The topological polar surface area (TPSA) is 86.7 Å². The maximum Gasteiger partial charge on any atom is 0.348 e. The third-order valence-corrected chi connectivity index (χ3v) is 10.8. The summed E-state index contributed by atoms with van der Waals surface area (Å²) in [5.74, 6) is 0.875. The zero-order valence-corrected chi connectivity index (χ0v) is 24.8. The SMILES string of the molecule is C=C1C(=O)C2C(=O)CC3C(CCCC3(C)C)C2CC12CC2.COC(=O)c1cccs1.COC(=O)c1cccs1. The standard InChI is InChI=1S/C19H26O2.2C6H6O2S/c1-11-17(21)16-13(10-19(11)7-8-19)12-5-4-6-18(2,3)14(12)9-15(16)20;2*1-8-6(7)5-3-2-4-9-5/h12-14,16H,1,4-10H2,2-3H3;2*2-4H,1H3. The second-order valence-corrected chi connectivity index (χ2v) is 13.6. The fourth-order valence-electron chi connectivity index (χ4n) is 6.81. The van der Waals surface area contributed by atoms with Gasteiger partial charge in [-0.05, 0) is 89.2 Å². The van der Waals surface area contributed by atoms with Crippen molar-refractivity contribution >= 4 is 46.2 Å². The van der Waals surface area contributed by atoms with Crippen LogP contribution in [0.3, 0.4) is 0 Å². The molecule has 0 bridgehead atoms. The van der Waals surface area contributed by atoms with Gasteiger partial charge in [0.1, 0.15) is 15.5 Å². The van der Waals surface area contributed by atoms with Crippen LogP contribution in [0.5, 0.6) is 0 Å². The highest BCUT2D eigenvalue weighted by Crippen LogP contribution is 2.65. The van der Waals surface area contributed by atoms with Gasteiger partial charge in [0, 0.05) is 6.42 Å². The molecule has 0 amide bonds. The molecule has 8 heteroatoms. The summed E-state index contributed by atoms with van der Waals surface area (Å²) in [5, 5.41) is 3.68. The summed E-state index contributed by atoms with van der Waals surface area (Å²) in [6, 6.07) is 7.10. The Balaban J connectivity index is 0.000000162. The number of Topliss-reactive ketones (excluding diaryl/α,β-unsaturated/α-hetero) is 2. The Hall–Kier alpha value is -2.58. The number of carbonyl (C=O) groups excluding carboxylic acids is 4. The van der Waals surface area contributed by atoms with E-state index in [0.29, 0.717) is 33.9 Å². The molecule has 6 nitrogen and oxygen atoms in total. The van der Waals surface area contributed by atoms with Crippen molar-refractivity contribution in [1.29, 1.82) is 0 Å². The molecule has 0 aliphatic heterocycles. The first-order valence-electron chi connectivity index (χ1n) is 13.5. The summed E-state index contributed by atoms with van der Waals surface area (Å²) in [5.41, 5.74) is 1.14. The Morgan fingerprint density at radius 3 is 1.95 bits per heavy atom. The van der Waals surface area contributed by atoms with Gasteiger partial charge in [-0.1, -0.05) is 39.0 Å². The highest BCUT2D eigenvalue weighted by Gasteiger charge is 2.61. The number of hydrogen-bond donors (Lipinski definition) is 0. The summed E-state index contributed by atoms with van der Waals surface area (Å²) in [6.45, 7) is 8.72. The quantitative estimate of drug-likeness (QED) is 0.219. The molecular weight excluding hydrogens is 532 g/mol. The summed E-state index contributed by atoms with van der Waals surface area (Å²) in [4.78, 5) is 48.1. The highest BCUT2D eigenvalue weighted by atomic mass is 32.1. The molecule has 2 aromatic heterocycles. The van der Waals surface area contributed by atoms with E-state index in [1.54, 1.807) is 12.1 Å². The Morgan fingerprint density at radius 1 is 0.923 bits per heavy atom. The molecule has 0 saturated heterocycles. The highest BCUT2D eigenvalue weighted by molar-refractivity contribution is 7.12. The summed E-state index contributed by atoms with van der Waals surface area (Å²) < 4.78 is 8.93. The van der Waals surface area contributed by atoms with Crippen LogP contribution in [0.2, 0.25) is 0 Å². The molecule has 4 aliphatic rings. The third kappa shape index (κ3) is 6.12. The van der Waals surface area contributed by atoms with Gasteiger partial charge in [-0.25, -0.2) is 9.59 Å². The van der Waals surface area contributed by atoms with Crippen molar-refractivity contribution in [2.45, 2.75) is 58.8 Å². The molecule has 0 N–H and O–H groups in total. The lowest BCUT2D eigenvalue weighted by molar-refractivity contribution is -0.147. The minimum atomic E-state index is -0.334. The molecule has 0 radical (unpaired) electrons. The lowest BCUT2D eigenvalue weighted by Crippen LogP contribution is -2.53.